The minimum absolute atomic E-state index is 0.458. The summed E-state index contributed by atoms with van der Waals surface area (Å²) in [6, 6.07) is 23.6. The molecule has 3 rings (SSSR count). The van der Waals surface area contributed by atoms with E-state index in [4.69, 9.17) is 10.5 Å². The standard InChI is InChI=1S/C18H16N2O/c19-18-12-16(21-13-14-7-3-1-4-8-14)11-17(20-18)15-9-5-2-6-10-15/h1-12H,13H2,(H2,19,20). The molecule has 0 aliphatic rings. The molecule has 2 aromatic carbocycles. The van der Waals surface area contributed by atoms with Gasteiger partial charge in [0.1, 0.15) is 18.2 Å². The maximum Gasteiger partial charge on any atom is 0.127 e. The van der Waals surface area contributed by atoms with Gasteiger partial charge in [-0.3, -0.25) is 0 Å². The van der Waals surface area contributed by atoms with Crippen LogP contribution in [0.4, 0.5) is 5.82 Å². The van der Waals surface area contributed by atoms with E-state index in [0.717, 1.165) is 22.6 Å². The van der Waals surface area contributed by atoms with Crippen LogP contribution in [0.25, 0.3) is 11.3 Å². The fourth-order valence-electron chi connectivity index (χ4n) is 2.11. The van der Waals surface area contributed by atoms with Crippen LogP contribution < -0.4 is 10.5 Å². The average molecular weight is 276 g/mol. The van der Waals surface area contributed by atoms with Gasteiger partial charge in [0.25, 0.3) is 0 Å². The molecule has 1 heterocycles. The average Bonchev–Trinajstić information content (AvgIpc) is 2.54. The van der Waals surface area contributed by atoms with Crippen LogP contribution >= 0.6 is 0 Å². The monoisotopic (exact) mass is 276 g/mol. The van der Waals surface area contributed by atoms with E-state index >= 15 is 0 Å². The Morgan fingerprint density at radius 1 is 0.857 bits per heavy atom. The summed E-state index contributed by atoms with van der Waals surface area (Å²) in [5.41, 5.74) is 8.83. The van der Waals surface area contributed by atoms with Crippen LogP contribution in [0.3, 0.4) is 0 Å². The van der Waals surface area contributed by atoms with Crippen LogP contribution in [0.1, 0.15) is 5.56 Å². The number of ether oxygens (including phenoxy) is 1. The second-order valence-electron chi connectivity index (χ2n) is 4.75. The van der Waals surface area contributed by atoms with Gasteiger partial charge >= 0.3 is 0 Å². The quantitative estimate of drug-likeness (QED) is 0.786. The first-order chi connectivity index (χ1) is 10.3. The molecule has 0 radical (unpaired) electrons. The van der Waals surface area contributed by atoms with Crippen LogP contribution in [0, 0.1) is 0 Å². The third-order valence-corrected chi connectivity index (χ3v) is 3.14. The van der Waals surface area contributed by atoms with Gasteiger partial charge in [-0.1, -0.05) is 60.7 Å². The van der Waals surface area contributed by atoms with Gasteiger partial charge in [-0.15, -0.1) is 0 Å². The van der Waals surface area contributed by atoms with E-state index in [-0.39, 0.29) is 0 Å². The number of rotatable bonds is 4. The van der Waals surface area contributed by atoms with Gasteiger partial charge in [0.15, 0.2) is 0 Å². The molecule has 3 aromatic rings. The summed E-state index contributed by atoms with van der Waals surface area (Å²) in [7, 11) is 0. The second kappa shape index (κ2) is 6.09. The van der Waals surface area contributed by atoms with Crippen LogP contribution in [-0.4, -0.2) is 4.98 Å². The van der Waals surface area contributed by atoms with Crippen molar-refractivity contribution < 1.29 is 4.74 Å². The number of pyridine rings is 1. The molecule has 104 valence electrons. The molecule has 2 N–H and O–H groups in total. The number of nitrogens with two attached hydrogens (primary N) is 1. The molecule has 3 heteroatoms. The largest absolute Gasteiger partial charge is 0.489 e. The van der Waals surface area contributed by atoms with Gasteiger partial charge < -0.3 is 10.5 Å². The minimum Gasteiger partial charge on any atom is -0.489 e. The fourth-order valence-corrected chi connectivity index (χ4v) is 2.11. The van der Waals surface area contributed by atoms with Crippen LogP contribution in [-0.2, 0) is 6.61 Å². The van der Waals surface area contributed by atoms with Crippen molar-refractivity contribution in [2.24, 2.45) is 0 Å². The van der Waals surface area contributed by atoms with Crippen LogP contribution in [0.5, 0.6) is 5.75 Å². The number of aromatic nitrogens is 1. The Balaban J connectivity index is 1.82. The third kappa shape index (κ3) is 3.39. The summed E-state index contributed by atoms with van der Waals surface area (Å²) in [5, 5.41) is 0. The molecule has 1 aromatic heterocycles. The Labute approximate surface area is 124 Å². The Bertz CT molecular complexity index is 712. The number of benzene rings is 2. The van der Waals surface area contributed by atoms with E-state index in [0.29, 0.717) is 12.4 Å². The number of hydrogen-bond donors (Lipinski definition) is 1. The molecule has 3 nitrogen and oxygen atoms in total. The number of nitrogens with zero attached hydrogens (tertiary/aromatic N) is 1. The molecule has 0 amide bonds. The van der Waals surface area contributed by atoms with Crippen molar-refractivity contribution in [3.05, 3.63) is 78.4 Å². The Morgan fingerprint density at radius 3 is 2.24 bits per heavy atom. The lowest BCUT2D eigenvalue weighted by Crippen LogP contribution is -1.98. The molecule has 0 saturated carbocycles. The van der Waals surface area contributed by atoms with Crippen molar-refractivity contribution in [3.8, 4) is 17.0 Å². The lowest BCUT2D eigenvalue weighted by molar-refractivity contribution is 0.306. The smallest absolute Gasteiger partial charge is 0.127 e. The van der Waals surface area contributed by atoms with E-state index < -0.39 is 0 Å². The molecule has 0 saturated heterocycles. The number of hydrogen-bond acceptors (Lipinski definition) is 3. The molecule has 0 spiro atoms. The molecular formula is C18H16N2O. The molecule has 0 unspecified atom stereocenters. The highest BCUT2D eigenvalue weighted by atomic mass is 16.5. The lowest BCUT2D eigenvalue weighted by Gasteiger charge is -2.09. The highest BCUT2D eigenvalue weighted by Crippen LogP contribution is 2.24. The van der Waals surface area contributed by atoms with E-state index in [1.807, 2.05) is 66.7 Å². The number of nitrogen functional groups attached to an aromatic ring is 1. The molecule has 0 aliphatic carbocycles. The Morgan fingerprint density at radius 2 is 1.52 bits per heavy atom. The zero-order valence-electron chi connectivity index (χ0n) is 11.6. The van der Waals surface area contributed by atoms with E-state index in [1.54, 1.807) is 6.07 Å². The normalized spacial score (nSPS) is 10.3. The predicted molar refractivity (Wildman–Crippen MR) is 84.9 cm³/mol. The van der Waals surface area contributed by atoms with Crippen molar-refractivity contribution >= 4 is 5.82 Å². The first kappa shape index (κ1) is 13.2. The van der Waals surface area contributed by atoms with Crippen LogP contribution in [0.2, 0.25) is 0 Å². The summed E-state index contributed by atoms with van der Waals surface area (Å²) in [6.45, 7) is 0.512. The summed E-state index contributed by atoms with van der Waals surface area (Å²) in [4.78, 5) is 4.36. The Kier molecular flexibility index (Phi) is 3.83. The summed E-state index contributed by atoms with van der Waals surface area (Å²) in [5.74, 6) is 1.18. The topological polar surface area (TPSA) is 48.1 Å². The third-order valence-electron chi connectivity index (χ3n) is 3.14. The van der Waals surface area contributed by atoms with Crippen molar-refractivity contribution in [2.75, 3.05) is 5.73 Å². The zero-order chi connectivity index (χ0) is 14.5. The summed E-state index contributed by atoms with van der Waals surface area (Å²) in [6.07, 6.45) is 0. The first-order valence-electron chi connectivity index (χ1n) is 6.81. The first-order valence-corrected chi connectivity index (χ1v) is 6.81. The maximum absolute atomic E-state index is 5.87. The SMILES string of the molecule is Nc1cc(OCc2ccccc2)cc(-c2ccccc2)n1. The highest BCUT2D eigenvalue weighted by molar-refractivity contribution is 5.63. The minimum atomic E-state index is 0.458. The highest BCUT2D eigenvalue weighted by Gasteiger charge is 2.04. The van der Waals surface area contributed by atoms with E-state index in [2.05, 4.69) is 4.98 Å². The fraction of sp³-hybridized carbons (Fsp3) is 0.0556. The molecule has 21 heavy (non-hydrogen) atoms. The maximum atomic E-state index is 5.87. The van der Waals surface area contributed by atoms with Crippen molar-refractivity contribution in [1.82, 2.24) is 4.98 Å². The van der Waals surface area contributed by atoms with Gasteiger partial charge in [-0.2, -0.15) is 0 Å². The molecule has 0 fully saturated rings. The van der Waals surface area contributed by atoms with Gasteiger partial charge in [0.2, 0.25) is 0 Å². The molecule has 0 aliphatic heterocycles. The van der Waals surface area contributed by atoms with Gasteiger partial charge in [-0.25, -0.2) is 4.98 Å². The lowest BCUT2D eigenvalue weighted by atomic mass is 10.1. The van der Waals surface area contributed by atoms with Crippen LogP contribution in [0.15, 0.2) is 72.8 Å². The molecular weight excluding hydrogens is 260 g/mol. The number of anilines is 1. The second-order valence-corrected chi connectivity index (χ2v) is 4.75. The van der Waals surface area contributed by atoms with Gasteiger partial charge in [0, 0.05) is 17.7 Å². The van der Waals surface area contributed by atoms with Gasteiger partial charge in [0.05, 0.1) is 5.69 Å². The summed E-state index contributed by atoms with van der Waals surface area (Å²) >= 11 is 0. The van der Waals surface area contributed by atoms with Crippen molar-refractivity contribution in [3.63, 3.8) is 0 Å². The van der Waals surface area contributed by atoms with Gasteiger partial charge in [-0.05, 0) is 5.56 Å². The van der Waals surface area contributed by atoms with E-state index in [1.165, 1.54) is 0 Å². The van der Waals surface area contributed by atoms with Crippen molar-refractivity contribution in [2.45, 2.75) is 6.61 Å². The predicted octanol–water partition coefficient (Wildman–Crippen LogP) is 3.91. The molecule has 0 bridgehead atoms. The Hall–Kier alpha value is -2.81. The van der Waals surface area contributed by atoms with E-state index in [9.17, 15) is 0 Å². The molecule has 0 atom stereocenters. The summed E-state index contributed by atoms with van der Waals surface area (Å²) < 4.78 is 5.82. The zero-order valence-corrected chi connectivity index (χ0v) is 11.6. The van der Waals surface area contributed by atoms with Crippen molar-refractivity contribution in [1.29, 1.82) is 0 Å².